The molecule has 0 radical (unpaired) electrons. The van der Waals surface area contributed by atoms with Gasteiger partial charge in [0.1, 0.15) is 5.76 Å². The fourth-order valence-corrected chi connectivity index (χ4v) is 3.91. The van der Waals surface area contributed by atoms with Crippen LogP contribution >= 0.6 is 11.6 Å². The zero-order valence-corrected chi connectivity index (χ0v) is 18.6. The van der Waals surface area contributed by atoms with Gasteiger partial charge in [-0.3, -0.25) is 19.7 Å². The summed E-state index contributed by atoms with van der Waals surface area (Å²) in [6.07, 6.45) is 0. The van der Waals surface area contributed by atoms with E-state index in [9.17, 15) is 24.8 Å². The van der Waals surface area contributed by atoms with Gasteiger partial charge in [-0.1, -0.05) is 25.4 Å². The average molecular weight is 458 g/mol. The van der Waals surface area contributed by atoms with Gasteiger partial charge >= 0.3 is 0 Å². The smallest absolute Gasteiger partial charge is 0.295 e. The number of ketones is 1. The number of likely N-dealkylation sites (N-methyl/N-ethyl adjacent to an activating group) is 1. The minimum atomic E-state index is -0.859. The normalized spacial score (nSPS) is 17.9. The maximum absolute atomic E-state index is 13.0. The monoisotopic (exact) mass is 457 g/mol. The second-order valence-corrected chi connectivity index (χ2v) is 7.81. The van der Waals surface area contributed by atoms with E-state index < -0.39 is 22.7 Å². The highest BCUT2D eigenvalue weighted by Gasteiger charge is 2.46. The van der Waals surface area contributed by atoms with Crippen LogP contribution < -0.4 is 0 Å². The molecule has 168 valence electrons. The molecule has 0 bridgehead atoms. The second-order valence-electron chi connectivity index (χ2n) is 7.37. The van der Waals surface area contributed by atoms with Crippen LogP contribution in [-0.2, 0) is 9.59 Å². The minimum absolute atomic E-state index is 0.0503. The average Bonchev–Trinajstić information content (AvgIpc) is 3.04. The molecule has 1 saturated heterocycles. The third-order valence-corrected chi connectivity index (χ3v) is 5.88. The molecule has 3 rings (SSSR count). The predicted molar refractivity (Wildman–Crippen MR) is 121 cm³/mol. The van der Waals surface area contributed by atoms with Gasteiger partial charge in [-0.15, -0.1) is 0 Å². The Morgan fingerprint density at radius 3 is 2.22 bits per heavy atom. The van der Waals surface area contributed by atoms with Gasteiger partial charge in [0.25, 0.3) is 17.4 Å². The third kappa shape index (κ3) is 4.66. The van der Waals surface area contributed by atoms with Crippen LogP contribution in [0.2, 0.25) is 5.02 Å². The van der Waals surface area contributed by atoms with Crippen molar-refractivity contribution in [3.63, 3.8) is 0 Å². The van der Waals surface area contributed by atoms with Crippen LogP contribution in [0.4, 0.5) is 5.69 Å². The van der Waals surface area contributed by atoms with Crippen molar-refractivity contribution in [2.45, 2.75) is 19.9 Å². The third-order valence-electron chi connectivity index (χ3n) is 5.63. The number of nitro groups is 1. The molecular formula is C23H24ClN3O5. The number of amides is 1. The zero-order chi connectivity index (χ0) is 23.4. The molecule has 1 aliphatic rings. The van der Waals surface area contributed by atoms with E-state index in [4.69, 9.17) is 11.6 Å². The summed E-state index contributed by atoms with van der Waals surface area (Å²) in [6.45, 7) is 6.40. The van der Waals surface area contributed by atoms with Gasteiger partial charge < -0.3 is 14.9 Å². The molecule has 1 heterocycles. The van der Waals surface area contributed by atoms with Crippen molar-refractivity contribution in [1.82, 2.24) is 9.80 Å². The largest absolute Gasteiger partial charge is 0.507 e. The first kappa shape index (κ1) is 23.4. The number of rotatable bonds is 8. The number of aliphatic hydroxyl groups is 1. The summed E-state index contributed by atoms with van der Waals surface area (Å²) in [6, 6.07) is 11.1. The van der Waals surface area contributed by atoms with E-state index in [1.807, 2.05) is 13.8 Å². The number of hydrogen-bond acceptors (Lipinski definition) is 6. The van der Waals surface area contributed by atoms with Crippen LogP contribution in [0.1, 0.15) is 31.0 Å². The first-order valence-electron chi connectivity index (χ1n) is 10.3. The molecule has 0 aromatic heterocycles. The Morgan fingerprint density at radius 2 is 1.69 bits per heavy atom. The number of nitrogens with zero attached hydrogens (tertiary/aromatic N) is 3. The van der Waals surface area contributed by atoms with Crippen LogP contribution in [0, 0.1) is 10.1 Å². The summed E-state index contributed by atoms with van der Waals surface area (Å²) in [4.78, 5) is 40.0. The van der Waals surface area contributed by atoms with Crippen LogP contribution in [0.15, 0.2) is 54.1 Å². The molecule has 1 aliphatic heterocycles. The van der Waals surface area contributed by atoms with Crippen molar-refractivity contribution < 1.29 is 19.6 Å². The van der Waals surface area contributed by atoms with Gasteiger partial charge in [-0.2, -0.15) is 0 Å². The summed E-state index contributed by atoms with van der Waals surface area (Å²) in [7, 11) is 0. The summed E-state index contributed by atoms with van der Waals surface area (Å²) < 4.78 is 0. The summed E-state index contributed by atoms with van der Waals surface area (Å²) in [5.74, 6) is -1.81. The molecule has 1 fully saturated rings. The fourth-order valence-electron chi connectivity index (χ4n) is 3.79. The van der Waals surface area contributed by atoms with Crippen LogP contribution in [0.5, 0.6) is 0 Å². The van der Waals surface area contributed by atoms with Crippen molar-refractivity contribution >= 4 is 34.7 Å². The summed E-state index contributed by atoms with van der Waals surface area (Å²) in [5, 5.41) is 22.5. The molecule has 2 aromatic rings. The number of nitro benzene ring substituents is 1. The van der Waals surface area contributed by atoms with Crippen molar-refractivity contribution in [1.29, 1.82) is 0 Å². The molecule has 0 aliphatic carbocycles. The maximum Gasteiger partial charge on any atom is 0.295 e. The minimum Gasteiger partial charge on any atom is -0.507 e. The van der Waals surface area contributed by atoms with Gasteiger partial charge in [-0.25, -0.2) is 0 Å². The number of halogens is 1. The Morgan fingerprint density at radius 1 is 1.09 bits per heavy atom. The Balaban J connectivity index is 2.10. The first-order chi connectivity index (χ1) is 15.3. The van der Waals surface area contributed by atoms with Crippen molar-refractivity contribution in [3.05, 3.63) is 80.4 Å². The topological polar surface area (TPSA) is 104 Å². The van der Waals surface area contributed by atoms with E-state index in [0.717, 1.165) is 13.1 Å². The van der Waals surface area contributed by atoms with Crippen LogP contribution in [0.25, 0.3) is 5.76 Å². The predicted octanol–water partition coefficient (Wildman–Crippen LogP) is 4.01. The summed E-state index contributed by atoms with van der Waals surface area (Å²) >= 11 is 5.93. The number of hydrogen-bond donors (Lipinski definition) is 1. The van der Waals surface area contributed by atoms with E-state index in [1.54, 1.807) is 24.3 Å². The van der Waals surface area contributed by atoms with Crippen LogP contribution in [-0.4, -0.2) is 57.7 Å². The van der Waals surface area contributed by atoms with Gasteiger partial charge in [0.15, 0.2) is 0 Å². The van der Waals surface area contributed by atoms with Gasteiger partial charge in [-0.05, 0) is 55.1 Å². The standard InChI is InChI=1S/C23H24ClN3O5/c1-3-25(4-2)13-14-26-20(15-7-11-18(12-8-15)27(31)32)19(22(29)23(26)30)21(28)16-5-9-17(24)10-6-16/h5-12,20,28H,3-4,13-14H2,1-2H3/b21-19+. The lowest BCUT2D eigenvalue weighted by atomic mass is 9.95. The lowest BCUT2D eigenvalue weighted by Crippen LogP contribution is -2.38. The van der Waals surface area contributed by atoms with E-state index in [1.165, 1.54) is 29.2 Å². The molecule has 2 aromatic carbocycles. The fraction of sp³-hybridized carbons (Fsp3) is 0.304. The molecular weight excluding hydrogens is 434 g/mol. The molecule has 1 amide bonds. The molecule has 32 heavy (non-hydrogen) atoms. The van der Waals surface area contributed by atoms with Crippen molar-refractivity contribution in [3.8, 4) is 0 Å². The van der Waals surface area contributed by atoms with Crippen molar-refractivity contribution in [2.75, 3.05) is 26.2 Å². The Kier molecular flexibility index (Phi) is 7.27. The number of Topliss-reactive ketones (excluding diaryl/α,β-unsaturated/α-hetero) is 1. The van der Waals surface area contributed by atoms with Gasteiger partial charge in [0.2, 0.25) is 0 Å². The molecule has 8 nitrogen and oxygen atoms in total. The Labute approximate surface area is 190 Å². The molecule has 0 spiro atoms. The van der Waals surface area contributed by atoms with E-state index >= 15 is 0 Å². The SMILES string of the molecule is CCN(CC)CCN1C(=O)C(=O)/C(=C(/O)c2ccc(Cl)cc2)C1c1ccc([N+](=O)[O-])cc1. The van der Waals surface area contributed by atoms with Gasteiger partial charge in [0, 0.05) is 35.8 Å². The number of carbonyl (C=O) groups excluding carboxylic acids is 2. The van der Waals surface area contributed by atoms with Crippen molar-refractivity contribution in [2.24, 2.45) is 0 Å². The lowest BCUT2D eigenvalue weighted by Gasteiger charge is -2.28. The highest BCUT2D eigenvalue weighted by molar-refractivity contribution is 6.46. The number of aliphatic hydroxyl groups excluding tert-OH is 1. The first-order valence-corrected chi connectivity index (χ1v) is 10.7. The van der Waals surface area contributed by atoms with E-state index in [2.05, 4.69) is 4.90 Å². The highest BCUT2D eigenvalue weighted by atomic mass is 35.5. The molecule has 1 atom stereocenters. The molecule has 9 heteroatoms. The molecule has 0 saturated carbocycles. The molecule has 1 N–H and O–H groups in total. The maximum atomic E-state index is 13.0. The quantitative estimate of drug-likeness (QED) is 0.211. The van der Waals surface area contributed by atoms with E-state index in [0.29, 0.717) is 22.7 Å². The zero-order valence-electron chi connectivity index (χ0n) is 17.8. The Hall–Kier alpha value is -3.23. The summed E-state index contributed by atoms with van der Waals surface area (Å²) in [5.41, 5.74) is 0.699. The number of benzene rings is 2. The molecule has 1 unspecified atom stereocenters. The van der Waals surface area contributed by atoms with E-state index in [-0.39, 0.29) is 23.6 Å². The van der Waals surface area contributed by atoms with Crippen LogP contribution in [0.3, 0.4) is 0 Å². The number of carbonyl (C=O) groups is 2. The Bertz CT molecular complexity index is 1050. The lowest BCUT2D eigenvalue weighted by molar-refractivity contribution is -0.384. The number of likely N-dealkylation sites (tertiary alicyclic amines) is 1. The number of non-ortho nitro benzene ring substituents is 1. The highest BCUT2D eigenvalue weighted by Crippen LogP contribution is 2.39. The second kappa shape index (κ2) is 9.93. The van der Waals surface area contributed by atoms with Gasteiger partial charge in [0.05, 0.1) is 16.5 Å².